The first-order valence-corrected chi connectivity index (χ1v) is 10.9. The van der Waals surface area contributed by atoms with Gasteiger partial charge in [-0.15, -0.1) is 0 Å². The van der Waals surface area contributed by atoms with Gasteiger partial charge in [-0.25, -0.2) is 36.7 Å². The number of rotatable bonds is 8. The van der Waals surface area contributed by atoms with Crippen LogP contribution in [-0.2, 0) is 11.0 Å². The van der Waals surface area contributed by atoms with E-state index in [2.05, 4.69) is 20.3 Å². The number of halogens is 5. The Labute approximate surface area is 187 Å². The van der Waals surface area contributed by atoms with E-state index in [0.29, 0.717) is 17.3 Å². The van der Waals surface area contributed by atoms with E-state index in [1.165, 1.54) is 18.5 Å². The number of hydrogen-bond donors (Lipinski definition) is 2. The highest BCUT2D eigenvalue weighted by Gasteiger charge is 2.57. The Morgan fingerprint density at radius 3 is 2.64 bits per heavy atom. The SMILES string of the molecule is CNc1nccc(-c2cccnc2Oc2cc(F)c(NS(=O)CC3CC3(F)F)c(F)c2F)n1. The molecule has 0 amide bonds. The van der Waals surface area contributed by atoms with Crippen molar-refractivity contribution in [3.63, 3.8) is 0 Å². The summed E-state index contributed by atoms with van der Waals surface area (Å²) in [6.07, 6.45) is 2.33. The van der Waals surface area contributed by atoms with Crippen molar-refractivity contribution in [2.75, 3.05) is 22.8 Å². The second kappa shape index (κ2) is 8.89. The summed E-state index contributed by atoms with van der Waals surface area (Å²) in [4.78, 5) is 12.2. The van der Waals surface area contributed by atoms with Crippen LogP contribution in [0.2, 0.25) is 0 Å². The van der Waals surface area contributed by atoms with E-state index in [-0.39, 0.29) is 11.8 Å². The van der Waals surface area contributed by atoms with Crippen LogP contribution in [0.15, 0.2) is 36.7 Å². The molecule has 1 aliphatic carbocycles. The maximum absolute atomic E-state index is 14.6. The molecule has 7 nitrogen and oxygen atoms in total. The van der Waals surface area contributed by atoms with Crippen LogP contribution < -0.4 is 14.8 Å². The molecule has 2 atom stereocenters. The summed E-state index contributed by atoms with van der Waals surface area (Å²) >= 11 is 0. The summed E-state index contributed by atoms with van der Waals surface area (Å²) in [6.45, 7) is 0. The van der Waals surface area contributed by atoms with Gasteiger partial charge in [-0.3, -0.25) is 4.72 Å². The van der Waals surface area contributed by atoms with E-state index in [0.717, 1.165) is 0 Å². The summed E-state index contributed by atoms with van der Waals surface area (Å²) in [7, 11) is -0.630. The number of anilines is 2. The quantitative estimate of drug-likeness (QED) is 0.360. The van der Waals surface area contributed by atoms with Gasteiger partial charge in [-0.1, -0.05) is 0 Å². The van der Waals surface area contributed by atoms with E-state index < -0.39 is 63.9 Å². The van der Waals surface area contributed by atoms with Gasteiger partial charge in [0.1, 0.15) is 16.7 Å². The van der Waals surface area contributed by atoms with Gasteiger partial charge in [0.25, 0.3) is 5.92 Å². The molecule has 0 bridgehead atoms. The predicted molar refractivity (Wildman–Crippen MR) is 111 cm³/mol. The molecule has 1 fully saturated rings. The average molecular weight is 485 g/mol. The lowest BCUT2D eigenvalue weighted by atomic mass is 10.2. The number of aromatic nitrogens is 3. The Bertz CT molecular complexity index is 1230. The Balaban J connectivity index is 1.59. The number of nitrogens with zero attached hydrogens (tertiary/aromatic N) is 3. The number of ether oxygens (including phenoxy) is 1. The standard InChI is InChI=1S/C20H16F5N5O2S/c1-26-19-28-6-4-13(29-19)11-3-2-5-27-18(11)32-14-7-12(21)17(16(23)15(14)22)30-33(31)9-10-8-20(10,24)25/h2-7,10,30H,8-9H2,1H3,(H,26,28,29). The minimum Gasteiger partial charge on any atom is -0.435 e. The molecule has 1 aliphatic rings. The van der Waals surface area contributed by atoms with Crippen LogP contribution in [0.25, 0.3) is 11.3 Å². The summed E-state index contributed by atoms with van der Waals surface area (Å²) in [5, 5.41) is 2.76. The Kier molecular flexibility index (Phi) is 6.15. The average Bonchev–Trinajstić information content (AvgIpc) is 3.40. The molecule has 174 valence electrons. The number of benzene rings is 1. The van der Waals surface area contributed by atoms with Gasteiger partial charge in [0.2, 0.25) is 17.6 Å². The Morgan fingerprint density at radius 2 is 1.94 bits per heavy atom. The molecule has 3 aromatic rings. The van der Waals surface area contributed by atoms with Crippen molar-refractivity contribution in [2.45, 2.75) is 12.3 Å². The first-order chi connectivity index (χ1) is 15.7. The molecule has 4 rings (SSSR count). The molecule has 0 radical (unpaired) electrons. The van der Waals surface area contributed by atoms with Crippen molar-refractivity contribution < 1.29 is 30.9 Å². The van der Waals surface area contributed by atoms with E-state index in [4.69, 9.17) is 4.74 Å². The molecule has 0 saturated heterocycles. The van der Waals surface area contributed by atoms with Gasteiger partial charge in [-0.05, 0) is 18.2 Å². The molecule has 2 aromatic heterocycles. The lowest BCUT2D eigenvalue weighted by Gasteiger charge is -2.14. The molecule has 1 aromatic carbocycles. The van der Waals surface area contributed by atoms with Crippen LogP contribution in [0.4, 0.5) is 33.6 Å². The van der Waals surface area contributed by atoms with Crippen molar-refractivity contribution in [3.05, 3.63) is 54.1 Å². The predicted octanol–water partition coefficient (Wildman–Crippen LogP) is 4.52. The summed E-state index contributed by atoms with van der Waals surface area (Å²) < 4.78 is 88.8. The third-order valence-electron chi connectivity index (χ3n) is 4.78. The van der Waals surface area contributed by atoms with Gasteiger partial charge in [0.05, 0.1) is 17.0 Å². The maximum atomic E-state index is 14.6. The van der Waals surface area contributed by atoms with Gasteiger partial charge < -0.3 is 10.1 Å². The molecule has 2 N–H and O–H groups in total. The second-order valence-electron chi connectivity index (χ2n) is 7.11. The smallest absolute Gasteiger partial charge is 0.252 e. The van der Waals surface area contributed by atoms with Gasteiger partial charge in [-0.2, -0.15) is 4.39 Å². The minimum absolute atomic E-state index is 0.184. The van der Waals surface area contributed by atoms with Crippen LogP contribution >= 0.6 is 0 Å². The van der Waals surface area contributed by atoms with Crippen molar-refractivity contribution in [3.8, 4) is 22.9 Å². The van der Waals surface area contributed by atoms with E-state index in [1.807, 2.05) is 4.72 Å². The zero-order chi connectivity index (χ0) is 23.8. The normalized spacial score (nSPS) is 17.3. The fourth-order valence-corrected chi connectivity index (χ4v) is 4.16. The molecule has 2 unspecified atom stereocenters. The minimum atomic E-state index is -2.95. The molecular formula is C20H16F5N5O2S. The third kappa shape index (κ3) is 4.87. The van der Waals surface area contributed by atoms with Crippen LogP contribution in [0.3, 0.4) is 0 Å². The second-order valence-corrected chi connectivity index (χ2v) is 8.34. The highest BCUT2D eigenvalue weighted by Crippen LogP contribution is 2.49. The summed E-state index contributed by atoms with van der Waals surface area (Å²) in [6, 6.07) is 5.20. The van der Waals surface area contributed by atoms with E-state index >= 15 is 0 Å². The van der Waals surface area contributed by atoms with Crippen LogP contribution in [-0.4, -0.2) is 37.9 Å². The van der Waals surface area contributed by atoms with Gasteiger partial charge in [0.15, 0.2) is 17.4 Å². The largest absolute Gasteiger partial charge is 0.435 e. The fraction of sp³-hybridized carbons (Fsp3) is 0.250. The van der Waals surface area contributed by atoms with Crippen molar-refractivity contribution in [2.24, 2.45) is 5.92 Å². The number of hydrogen-bond acceptors (Lipinski definition) is 6. The van der Waals surface area contributed by atoms with E-state index in [1.54, 1.807) is 19.2 Å². The van der Waals surface area contributed by atoms with Crippen molar-refractivity contribution >= 4 is 22.6 Å². The first kappa shape index (κ1) is 22.8. The fourth-order valence-electron chi connectivity index (χ4n) is 2.93. The third-order valence-corrected chi connectivity index (χ3v) is 5.92. The van der Waals surface area contributed by atoms with Crippen LogP contribution in [0.5, 0.6) is 11.6 Å². The molecule has 0 aliphatic heterocycles. The van der Waals surface area contributed by atoms with Gasteiger partial charge >= 0.3 is 0 Å². The summed E-state index contributed by atoms with van der Waals surface area (Å²) in [5.41, 5.74) is -0.396. The number of pyridine rings is 1. The van der Waals surface area contributed by atoms with Crippen LogP contribution in [0, 0.1) is 23.4 Å². The molecule has 13 heteroatoms. The lowest BCUT2D eigenvalue weighted by Crippen LogP contribution is -2.15. The number of alkyl halides is 2. The monoisotopic (exact) mass is 485 g/mol. The molecular weight excluding hydrogens is 469 g/mol. The highest BCUT2D eigenvalue weighted by atomic mass is 32.2. The van der Waals surface area contributed by atoms with Gasteiger partial charge in [0, 0.05) is 37.8 Å². The topological polar surface area (TPSA) is 89.0 Å². The Hall–Kier alpha value is -3.35. The number of nitrogens with one attached hydrogen (secondary N) is 2. The van der Waals surface area contributed by atoms with E-state index in [9.17, 15) is 26.2 Å². The van der Waals surface area contributed by atoms with Crippen LogP contribution in [0.1, 0.15) is 6.42 Å². The first-order valence-electron chi connectivity index (χ1n) is 9.54. The molecule has 33 heavy (non-hydrogen) atoms. The molecule has 2 heterocycles. The Morgan fingerprint density at radius 1 is 1.18 bits per heavy atom. The molecule has 1 saturated carbocycles. The summed E-state index contributed by atoms with van der Waals surface area (Å²) in [5.74, 6) is -9.96. The molecule has 0 spiro atoms. The van der Waals surface area contributed by atoms with Crippen molar-refractivity contribution in [1.29, 1.82) is 0 Å². The van der Waals surface area contributed by atoms with Crippen molar-refractivity contribution in [1.82, 2.24) is 15.0 Å². The highest BCUT2D eigenvalue weighted by molar-refractivity contribution is 7.86. The lowest BCUT2D eigenvalue weighted by molar-refractivity contribution is 0.103. The maximum Gasteiger partial charge on any atom is 0.252 e. The zero-order valence-electron chi connectivity index (χ0n) is 16.9. The zero-order valence-corrected chi connectivity index (χ0v) is 17.7.